The third-order valence-corrected chi connectivity index (χ3v) is 3.36. The number of carbonyl (C=O) groups excluding carboxylic acids is 1. The molecule has 1 N–H and O–H groups in total. The molecule has 16 heavy (non-hydrogen) atoms. The number of benzene rings is 1. The third kappa shape index (κ3) is 4.71. The first-order chi connectivity index (χ1) is 7.59. The van der Waals surface area contributed by atoms with Crippen molar-refractivity contribution in [2.45, 2.75) is 37.8 Å². The molecule has 0 spiro atoms. The highest BCUT2D eigenvalue weighted by atomic mass is 32.2. The first-order valence-corrected chi connectivity index (χ1v) is 6.60. The van der Waals surface area contributed by atoms with Gasteiger partial charge in [0, 0.05) is 11.8 Å². The van der Waals surface area contributed by atoms with E-state index in [0.29, 0.717) is 0 Å². The van der Waals surface area contributed by atoms with Crippen molar-refractivity contribution in [3.63, 3.8) is 0 Å². The average molecular weight is 237 g/mol. The SMILES string of the molecule is CC(C)NC(=O)[C@@H](C)SCc1ccccc1. The summed E-state index contributed by atoms with van der Waals surface area (Å²) < 4.78 is 0. The Labute approximate surface area is 102 Å². The van der Waals surface area contributed by atoms with Gasteiger partial charge < -0.3 is 5.32 Å². The molecular weight excluding hydrogens is 218 g/mol. The summed E-state index contributed by atoms with van der Waals surface area (Å²) in [5.74, 6) is 1.00. The van der Waals surface area contributed by atoms with Crippen LogP contribution in [0.15, 0.2) is 30.3 Å². The second kappa shape index (κ2) is 6.59. The lowest BCUT2D eigenvalue weighted by Crippen LogP contribution is -2.35. The van der Waals surface area contributed by atoms with Gasteiger partial charge in [-0.15, -0.1) is 11.8 Å². The van der Waals surface area contributed by atoms with Crippen LogP contribution < -0.4 is 5.32 Å². The van der Waals surface area contributed by atoms with E-state index in [2.05, 4.69) is 17.4 Å². The first-order valence-electron chi connectivity index (χ1n) is 5.55. The zero-order chi connectivity index (χ0) is 12.0. The van der Waals surface area contributed by atoms with Gasteiger partial charge in [0.05, 0.1) is 5.25 Å². The quantitative estimate of drug-likeness (QED) is 0.853. The van der Waals surface area contributed by atoms with Gasteiger partial charge in [0.2, 0.25) is 5.91 Å². The van der Waals surface area contributed by atoms with E-state index in [1.54, 1.807) is 11.8 Å². The molecule has 0 unspecified atom stereocenters. The minimum absolute atomic E-state index is 0.00241. The maximum absolute atomic E-state index is 11.6. The van der Waals surface area contributed by atoms with E-state index < -0.39 is 0 Å². The molecule has 0 aliphatic rings. The number of nitrogens with one attached hydrogen (secondary N) is 1. The number of amides is 1. The molecule has 0 aliphatic carbocycles. The molecule has 0 bridgehead atoms. The van der Waals surface area contributed by atoms with Crippen LogP contribution in [0.5, 0.6) is 0 Å². The van der Waals surface area contributed by atoms with Crippen LogP contribution in [0.1, 0.15) is 26.3 Å². The topological polar surface area (TPSA) is 29.1 Å². The number of thioether (sulfide) groups is 1. The molecule has 1 aromatic rings. The van der Waals surface area contributed by atoms with Crippen molar-refractivity contribution in [1.29, 1.82) is 0 Å². The lowest BCUT2D eigenvalue weighted by Gasteiger charge is -2.14. The molecular formula is C13H19NOS. The van der Waals surface area contributed by atoms with Crippen LogP contribution in [-0.4, -0.2) is 17.2 Å². The summed E-state index contributed by atoms with van der Waals surface area (Å²) in [6, 6.07) is 10.4. The van der Waals surface area contributed by atoms with Gasteiger partial charge in [0.15, 0.2) is 0 Å². The lowest BCUT2D eigenvalue weighted by atomic mass is 10.2. The molecule has 0 aliphatic heterocycles. The van der Waals surface area contributed by atoms with Gasteiger partial charge in [-0.1, -0.05) is 30.3 Å². The molecule has 0 fully saturated rings. The Hall–Kier alpha value is -0.960. The van der Waals surface area contributed by atoms with E-state index in [4.69, 9.17) is 0 Å². The van der Waals surface area contributed by atoms with E-state index in [9.17, 15) is 4.79 Å². The molecule has 0 aromatic heterocycles. The number of rotatable bonds is 5. The Balaban J connectivity index is 2.35. The van der Waals surface area contributed by atoms with E-state index in [-0.39, 0.29) is 17.2 Å². The highest BCUT2D eigenvalue weighted by Crippen LogP contribution is 2.17. The summed E-state index contributed by atoms with van der Waals surface area (Å²) in [5.41, 5.74) is 1.26. The standard InChI is InChI=1S/C13H19NOS/c1-10(2)14-13(15)11(3)16-9-12-7-5-4-6-8-12/h4-8,10-11H,9H2,1-3H3,(H,14,15)/t11-/m1/s1. The summed E-state index contributed by atoms with van der Waals surface area (Å²) in [5, 5.41) is 2.92. The summed E-state index contributed by atoms with van der Waals surface area (Å²) in [4.78, 5) is 11.6. The summed E-state index contributed by atoms with van der Waals surface area (Å²) >= 11 is 1.67. The molecule has 0 radical (unpaired) electrons. The van der Waals surface area contributed by atoms with E-state index in [0.717, 1.165) is 5.75 Å². The fraction of sp³-hybridized carbons (Fsp3) is 0.462. The molecule has 1 rings (SSSR count). The zero-order valence-corrected chi connectivity index (χ0v) is 10.9. The fourth-order valence-corrected chi connectivity index (χ4v) is 2.13. The number of carbonyl (C=O) groups is 1. The Bertz CT molecular complexity index is 324. The van der Waals surface area contributed by atoms with Crippen LogP contribution in [0.4, 0.5) is 0 Å². The summed E-state index contributed by atoms with van der Waals surface area (Å²) in [6.07, 6.45) is 0. The monoisotopic (exact) mass is 237 g/mol. The zero-order valence-electron chi connectivity index (χ0n) is 10.1. The van der Waals surface area contributed by atoms with Crippen LogP contribution in [0.3, 0.4) is 0 Å². The van der Waals surface area contributed by atoms with Crippen molar-refractivity contribution < 1.29 is 4.79 Å². The molecule has 1 amide bonds. The maximum Gasteiger partial charge on any atom is 0.233 e. The highest BCUT2D eigenvalue weighted by Gasteiger charge is 2.13. The van der Waals surface area contributed by atoms with E-state index >= 15 is 0 Å². The second-order valence-electron chi connectivity index (χ2n) is 4.10. The fourth-order valence-electron chi connectivity index (χ4n) is 1.27. The molecule has 88 valence electrons. The summed E-state index contributed by atoms with van der Waals surface area (Å²) in [6.45, 7) is 5.91. The Morgan fingerprint density at radius 1 is 1.25 bits per heavy atom. The van der Waals surface area contributed by atoms with Crippen molar-refractivity contribution in [3.8, 4) is 0 Å². The van der Waals surface area contributed by atoms with Crippen LogP contribution in [-0.2, 0) is 10.5 Å². The molecule has 0 saturated carbocycles. The third-order valence-electron chi connectivity index (χ3n) is 2.14. The number of hydrogen-bond acceptors (Lipinski definition) is 2. The van der Waals surface area contributed by atoms with Gasteiger partial charge in [0.25, 0.3) is 0 Å². The van der Waals surface area contributed by atoms with Crippen LogP contribution in [0.25, 0.3) is 0 Å². The van der Waals surface area contributed by atoms with Crippen molar-refractivity contribution in [1.82, 2.24) is 5.32 Å². The molecule has 1 atom stereocenters. The van der Waals surface area contributed by atoms with Crippen molar-refractivity contribution in [3.05, 3.63) is 35.9 Å². The first kappa shape index (κ1) is 13.1. The minimum Gasteiger partial charge on any atom is -0.353 e. The largest absolute Gasteiger partial charge is 0.353 e. The van der Waals surface area contributed by atoms with Crippen LogP contribution in [0.2, 0.25) is 0 Å². The van der Waals surface area contributed by atoms with Gasteiger partial charge in [-0.05, 0) is 26.3 Å². The van der Waals surface area contributed by atoms with Gasteiger partial charge >= 0.3 is 0 Å². The highest BCUT2D eigenvalue weighted by molar-refractivity contribution is 7.99. The van der Waals surface area contributed by atoms with Gasteiger partial charge in [-0.2, -0.15) is 0 Å². The minimum atomic E-state index is 0.00241. The predicted octanol–water partition coefficient (Wildman–Crippen LogP) is 2.83. The van der Waals surface area contributed by atoms with E-state index in [1.165, 1.54) is 5.56 Å². The van der Waals surface area contributed by atoms with Crippen molar-refractivity contribution in [2.75, 3.05) is 0 Å². The average Bonchev–Trinajstić information content (AvgIpc) is 2.26. The Morgan fingerprint density at radius 3 is 2.44 bits per heavy atom. The normalized spacial score (nSPS) is 12.5. The van der Waals surface area contributed by atoms with Gasteiger partial charge in [0.1, 0.15) is 0 Å². The number of hydrogen-bond donors (Lipinski definition) is 1. The molecule has 0 heterocycles. The van der Waals surface area contributed by atoms with Crippen molar-refractivity contribution in [2.24, 2.45) is 0 Å². The van der Waals surface area contributed by atoms with Crippen LogP contribution >= 0.6 is 11.8 Å². The van der Waals surface area contributed by atoms with Gasteiger partial charge in [-0.3, -0.25) is 4.79 Å². The predicted molar refractivity (Wildman–Crippen MR) is 70.5 cm³/mol. The lowest BCUT2D eigenvalue weighted by molar-refractivity contribution is -0.120. The van der Waals surface area contributed by atoms with Gasteiger partial charge in [-0.25, -0.2) is 0 Å². The molecule has 1 aromatic carbocycles. The molecule has 0 saturated heterocycles. The molecule has 3 heteroatoms. The smallest absolute Gasteiger partial charge is 0.233 e. The Kier molecular flexibility index (Phi) is 5.39. The Morgan fingerprint density at radius 2 is 1.88 bits per heavy atom. The second-order valence-corrected chi connectivity index (χ2v) is 5.43. The van der Waals surface area contributed by atoms with E-state index in [1.807, 2.05) is 39.0 Å². The van der Waals surface area contributed by atoms with Crippen molar-refractivity contribution >= 4 is 17.7 Å². The summed E-state index contributed by atoms with van der Waals surface area (Å²) in [7, 11) is 0. The molecule has 2 nitrogen and oxygen atoms in total. The maximum atomic E-state index is 11.6. The van der Waals surface area contributed by atoms with Crippen LogP contribution in [0, 0.1) is 0 Å².